The Morgan fingerprint density at radius 3 is 2.02 bits per heavy atom. The van der Waals surface area contributed by atoms with Crippen LogP contribution in [-0.4, -0.2) is 136 Å². The van der Waals surface area contributed by atoms with Crippen LogP contribution >= 0.6 is 12.6 Å². The van der Waals surface area contributed by atoms with Gasteiger partial charge in [-0.05, 0) is 12.2 Å². The van der Waals surface area contributed by atoms with Gasteiger partial charge in [-0.1, -0.05) is 0 Å². The number of aliphatic hydroxyl groups is 2. The number of ketones is 1. The quantitative estimate of drug-likeness (QED) is 0.0571. The van der Waals surface area contributed by atoms with E-state index in [4.69, 9.17) is 23.7 Å². The van der Waals surface area contributed by atoms with Gasteiger partial charge in [-0.25, -0.2) is 16.8 Å². The molecule has 2 rings (SSSR count). The Balaban J connectivity index is 0.00000840. The van der Waals surface area contributed by atoms with Gasteiger partial charge in [0.1, 0.15) is 42.7 Å². The Hall–Kier alpha value is 0.950. The van der Waals surface area contributed by atoms with Crippen LogP contribution < -0.4 is 64.4 Å². The number of methoxy groups -OCH3 is 2. The molecule has 2 heterocycles. The SMILES string of the molecule is CO[C@@H]1OC(COS(=O)(=O)[O-])[C@H](O[C@@H]2OC(C(=O)CCCS)[C@H](OC)[C@@H](O)C2OS(=O)(=O)[O-])[C@@H](O)C1NC(C)=O.[Na+].[Na+]. The fraction of sp³-hybridized carbons (Fsp3) is 0.895. The molecule has 0 aromatic rings. The molecule has 4 unspecified atom stereocenters. The topological polar surface area (TPSA) is 266 Å². The number of hydrogen-bond acceptors (Lipinski definition) is 18. The first kappa shape index (κ1) is 43.0. The average Bonchev–Trinajstić information content (AvgIpc) is 2.84. The van der Waals surface area contributed by atoms with E-state index in [2.05, 4.69) is 26.3 Å². The van der Waals surface area contributed by atoms with Gasteiger partial charge < -0.3 is 48.3 Å². The first-order valence-corrected chi connectivity index (χ1v) is 14.9. The predicted molar refractivity (Wildman–Crippen MR) is 128 cm³/mol. The van der Waals surface area contributed by atoms with Crippen LogP contribution in [-0.2, 0) is 62.4 Å². The van der Waals surface area contributed by atoms with E-state index in [1.54, 1.807) is 0 Å². The zero-order chi connectivity index (χ0) is 30.4. The van der Waals surface area contributed by atoms with Gasteiger partial charge in [0.2, 0.25) is 26.7 Å². The van der Waals surface area contributed by atoms with E-state index in [0.29, 0.717) is 5.75 Å². The summed E-state index contributed by atoms with van der Waals surface area (Å²) in [5.74, 6) is -1.00. The van der Waals surface area contributed by atoms with Crippen molar-refractivity contribution >= 4 is 45.1 Å². The molecule has 23 heteroatoms. The third kappa shape index (κ3) is 12.6. The molecule has 1 amide bonds. The van der Waals surface area contributed by atoms with Crippen LogP contribution in [0.4, 0.5) is 0 Å². The first-order valence-electron chi connectivity index (χ1n) is 11.6. The van der Waals surface area contributed by atoms with Crippen molar-refractivity contribution in [2.24, 2.45) is 0 Å². The third-order valence-electron chi connectivity index (χ3n) is 5.86. The van der Waals surface area contributed by atoms with Crippen molar-refractivity contribution in [3.05, 3.63) is 0 Å². The molecule has 18 nitrogen and oxygen atoms in total. The molecular weight excluding hydrogens is 656 g/mol. The van der Waals surface area contributed by atoms with Crippen LogP contribution in [0.2, 0.25) is 0 Å². The fourth-order valence-corrected chi connectivity index (χ4v) is 5.15. The number of Topliss-reactive ketones (excluding diaryl/α,β-unsaturated/α-hetero) is 1. The van der Waals surface area contributed by atoms with Crippen LogP contribution in [0.15, 0.2) is 0 Å². The molecule has 0 spiro atoms. The number of ether oxygens (including phenoxy) is 5. The maximum absolute atomic E-state index is 12.8. The minimum absolute atomic E-state index is 0. The molecule has 0 aliphatic carbocycles. The summed E-state index contributed by atoms with van der Waals surface area (Å²) in [7, 11) is -8.66. The molecule has 3 N–H and O–H groups in total. The van der Waals surface area contributed by atoms with Crippen molar-refractivity contribution in [1.29, 1.82) is 0 Å². The first-order chi connectivity index (χ1) is 18.5. The molecule has 2 saturated heterocycles. The number of thiol groups is 1. The zero-order valence-electron chi connectivity index (χ0n) is 23.4. The van der Waals surface area contributed by atoms with Gasteiger partial charge in [-0.15, -0.1) is 0 Å². The summed E-state index contributed by atoms with van der Waals surface area (Å²) in [6.07, 6.45) is -16.1. The summed E-state index contributed by atoms with van der Waals surface area (Å²) in [6, 6.07) is -1.40. The molecule has 42 heavy (non-hydrogen) atoms. The van der Waals surface area contributed by atoms with Crippen LogP contribution in [0.1, 0.15) is 19.8 Å². The van der Waals surface area contributed by atoms with E-state index in [-0.39, 0.29) is 72.0 Å². The largest absolute Gasteiger partial charge is 1.00 e. The molecule has 2 aliphatic rings. The zero-order valence-corrected chi connectivity index (χ0v) is 29.9. The second-order valence-electron chi connectivity index (χ2n) is 8.67. The predicted octanol–water partition coefficient (Wildman–Crippen LogP) is -9.68. The molecule has 234 valence electrons. The van der Waals surface area contributed by atoms with Crippen molar-refractivity contribution in [2.45, 2.75) is 81.1 Å². The van der Waals surface area contributed by atoms with Crippen LogP contribution in [0.3, 0.4) is 0 Å². The van der Waals surface area contributed by atoms with E-state index >= 15 is 0 Å². The number of carbonyl (C=O) groups excluding carboxylic acids is 2. The van der Waals surface area contributed by atoms with Crippen LogP contribution in [0, 0.1) is 0 Å². The van der Waals surface area contributed by atoms with Gasteiger partial charge in [-0.3, -0.25) is 18.0 Å². The van der Waals surface area contributed by atoms with Crippen molar-refractivity contribution in [3.8, 4) is 0 Å². The van der Waals surface area contributed by atoms with E-state index < -0.39 is 100 Å². The van der Waals surface area contributed by atoms with E-state index in [1.807, 2.05) is 0 Å². The number of nitrogens with one attached hydrogen (secondary N) is 1. The van der Waals surface area contributed by atoms with Gasteiger partial charge >= 0.3 is 59.1 Å². The molecule has 0 radical (unpaired) electrons. The second kappa shape index (κ2) is 18.9. The molecular formula is C19H31NNa2O17S3. The number of amides is 1. The molecule has 0 aromatic carbocycles. The van der Waals surface area contributed by atoms with E-state index in [0.717, 1.165) is 21.1 Å². The van der Waals surface area contributed by atoms with Crippen LogP contribution in [0.5, 0.6) is 0 Å². The second-order valence-corrected chi connectivity index (χ2v) is 11.2. The van der Waals surface area contributed by atoms with Crippen molar-refractivity contribution in [2.75, 3.05) is 26.6 Å². The third-order valence-corrected chi connectivity index (χ3v) is 7.06. The minimum atomic E-state index is -5.55. The number of carbonyl (C=O) groups is 2. The van der Waals surface area contributed by atoms with Crippen molar-refractivity contribution in [1.82, 2.24) is 5.32 Å². The Bertz CT molecular complexity index is 1080. The Kier molecular flexibility index (Phi) is 19.4. The van der Waals surface area contributed by atoms with Gasteiger partial charge in [0.15, 0.2) is 24.5 Å². The van der Waals surface area contributed by atoms with Crippen molar-refractivity contribution in [3.63, 3.8) is 0 Å². The standard InChI is InChI=1S/C19H33NO17S3.2Na/c1-8(21)20-11-12(23)15(10(34-18(11)32-3)7-33-39(25,26)27)36-19-17(37-40(28,29)30)13(24)16(31-2)14(35-19)9(22)5-4-6-38;;/h10-19,23-24,38H,4-7H2,1-3H3,(H,20,21)(H,25,26,27)(H,28,29,30);;/q;2*+1/p-2/t10?,11?,12-,13+,14?,15-,16+,17?,18+,19-;;/m0../s1. The average molecular weight is 688 g/mol. The van der Waals surface area contributed by atoms with Gasteiger partial charge in [0.05, 0.1) is 6.61 Å². The van der Waals surface area contributed by atoms with E-state index in [9.17, 15) is 45.7 Å². The summed E-state index contributed by atoms with van der Waals surface area (Å²) >= 11 is 4.02. The maximum Gasteiger partial charge on any atom is 1.00 e. The van der Waals surface area contributed by atoms with E-state index in [1.165, 1.54) is 0 Å². The molecule has 0 bridgehead atoms. The van der Waals surface area contributed by atoms with Crippen molar-refractivity contribution < 1.29 is 137 Å². The molecule has 0 aromatic heterocycles. The minimum Gasteiger partial charge on any atom is -0.726 e. The number of aliphatic hydroxyl groups excluding tert-OH is 2. The number of hydrogen-bond donors (Lipinski definition) is 4. The van der Waals surface area contributed by atoms with Gasteiger partial charge in [0, 0.05) is 27.6 Å². The molecule has 10 atom stereocenters. The Morgan fingerprint density at radius 1 is 0.929 bits per heavy atom. The summed E-state index contributed by atoms with van der Waals surface area (Å²) in [5.41, 5.74) is 0. The molecule has 2 aliphatic heterocycles. The summed E-state index contributed by atoms with van der Waals surface area (Å²) in [6.45, 7) is 0.00980. The Morgan fingerprint density at radius 2 is 1.55 bits per heavy atom. The number of rotatable bonds is 14. The van der Waals surface area contributed by atoms with Gasteiger partial charge in [0.25, 0.3) is 0 Å². The van der Waals surface area contributed by atoms with Gasteiger partial charge in [-0.2, -0.15) is 12.6 Å². The normalized spacial score (nSPS) is 33.6. The summed E-state index contributed by atoms with van der Waals surface area (Å²) in [5, 5.41) is 24.2. The summed E-state index contributed by atoms with van der Waals surface area (Å²) < 4.78 is 103. The Labute approximate surface area is 292 Å². The molecule has 0 saturated carbocycles. The smallest absolute Gasteiger partial charge is 0.726 e. The fourth-order valence-electron chi connectivity index (χ4n) is 4.21. The molecule has 2 fully saturated rings. The summed E-state index contributed by atoms with van der Waals surface area (Å²) in [4.78, 5) is 24.5. The maximum atomic E-state index is 12.8. The van der Waals surface area contributed by atoms with Crippen LogP contribution in [0.25, 0.3) is 0 Å². The monoisotopic (exact) mass is 687 g/mol.